The van der Waals surface area contributed by atoms with Crippen LogP contribution in [0.4, 0.5) is 0 Å². The molecule has 3 heteroatoms. The van der Waals surface area contributed by atoms with E-state index in [1.807, 2.05) is 18.2 Å². The molecule has 0 N–H and O–H groups in total. The van der Waals surface area contributed by atoms with Gasteiger partial charge in [0.25, 0.3) is 0 Å². The van der Waals surface area contributed by atoms with E-state index < -0.39 is 4.33 Å². The van der Waals surface area contributed by atoms with Gasteiger partial charge in [0, 0.05) is 5.56 Å². The average molecular weight is 271 g/mol. The van der Waals surface area contributed by atoms with Crippen LogP contribution in [-0.4, -0.2) is 10.1 Å². The van der Waals surface area contributed by atoms with Gasteiger partial charge in [-0.25, -0.2) is 0 Å². The second-order valence-corrected chi connectivity index (χ2v) is 6.04. The third kappa shape index (κ3) is 2.83. The molecule has 0 amide bonds. The number of ketones is 1. The lowest BCUT2D eigenvalue weighted by atomic mass is 9.84. The van der Waals surface area contributed by atoms with Crippen LogP contribution in [0.5, 0.6) is 0 Å². The third-order valence-corrected chi connectivity index (χ3v) is 4.42. The van der Waals surface area contributed by atoms with Crippen LogP contribution in [-0.2, 0) is 0 Å². The van der Waals surface area contributed by atoms with Crippen LogP contribution in [0.2, 0.25) is 0 Å². The van der Waals surface area contributed by atoms with E-state index in [0.717, 1.165) is 25.7 Å². The molecule has 0 aromatic heterocycles. The largest absolute Gasteiger partial charge is 0.291 e. The topological polar surface area (TPSA) is 17.1 Å². The number of benzene rings is 1. The van der Waals surface area contributed by atoms with Gasteiger partial charge in [0.15, 0.2) is 10.1 Å². The minimum absolute atomic E-state index is 0.0901. The molecule has 1 aliphatic rings. The van der Waals surface area contributed by atoms with E-state index in [9.17, 15) is 4.79 Å². The van der Waals surface area contributed by atoms with Gasteiger partial charge in [-0.3, -0.25) is 4.79 Å². The Kier molecular flexibility index (Phi) is 4.11. The number of carbonyl (C=O) groups excluding carboxylic acids is 1. The first kappa shape index (κ1) is 12.9. The maximum Gasteiger partial charge on any atom is 0.199 e. The van der Waals surface area contributed by atoms with Gasteiger partial charge in [0.2, 0.25) is 0 Å². The van der Waals surface area contributed by atoms with Crippen molar-refractivity contribution < 1.29 is 4.79 Å². The van der Waals surface area contributed by atoms with E-state index in [0.29, 0.717) is 5.56 Å². The summed E-state index contributed by atoms with van der Waals surface area (Å²) < 4.78 is -1.26. The Balaban J connectivity index is 2.17. The Morgan fingerprint density at radius 2 is 1.65 bits per heavy atom. The van der Waals surface area contributed by atoms with Gasteiger partial charge in [-0.05, 0) is 18.8 Å². The summed E-state index contributed by atoms with van der Waals surface area (Å²) in [6, 6.07) is 9.08. The molecule has 1 fully saturated rings. The van der Waals surface area contributed by atoms with Crippen LogP contribution < -0.4 is 0 Å². The highest BCUT2D eigenvalue weighted by Gasteiger charge is 2.42. The van der Waals surface area contributed by atoms with Crippen LogP contribution >= 0.6 is 23.2 Å². The molecule has 1 saturated carbocycles. The lowest BCUT2D eigenvalue weighted by molar-refractivity contribution is 0.0934. The molecule has 0 heterocycles. The van der Waals surface area contributed by atoms with Gasteiger partial charge >= 0.3 is 0 Å². The maximum atomic E-state index is 12.3. The second-order valence-electron chi connectivity index (χ2n) is 4.65. The number of rotatable bonds is 3. The van der Waals surface area contributed by atoms with Crippen LogP contribution in [0, 0.1) is 5.92 Å². The van der Waals surface area contributed by atoms with Gasteiger partial charge in [0.05, 0.1) is 0 Å². The number of Topliss-reactive ketones (excluding diaryl/α,β-unsaturated/α-hetero) is 1. The molecule has 1 aromatic rings. The standard InChI is InChI=1S/C14H16Cl2O/c15-14(16,12-9-5-2-6-10-12)13(17)11-7-3-1-4-8-11/h1,3-4,7-8,12H,2,5-6,9-10H2. The van der Waals surface area contributed by atoms with Crippen molar-refractivity contribution in [2.24, 2.45) is 5.92 Å². The van der Waals surface area contributed by atoms with Crippen LogP contribution in [0.15, 0.2) is 30.3 Å². The van der Waals surface area contributed by atoms with Crippen molar-refractivity contribution in [2.45, 2.75) is 36.4 Å². The molecule has 17 heavy (non-hydrogen) atoms. The molecule has 0 atom stereocenters. The van der Waals surface area contributed by atoms with E-state index in [1.54, 1.807) is 12.1 Å². The number of carbonyl (C=O) groups is 1. The molecule has 0 saturated heterocycles. The molecule has 0 bridgehead atoms. The molecule has 0 unspecified atom stereocenters. The Hall–Kier alpha value is -0.530. The minimum Gasteiger partial charge on any atom is -0.291 e. The number of halogens is 2. The normalized spacial score (nSPS) is 18.0. The van der Waals surface area contributed by atoms with Gasteiger partial charge in [-0.15, -0.1) is 0 Å². The summed E-state index contributed by atoms with van der Waals surface area (Å²) in [7, 11) is 0. The molecule has 1 aromatic carbocycles. The zero-order chi connectivity index (χ0) is 12.3. The first-order valence-corrected chi connectivity index (χ1v) is 6.85. The Morgan fingerprint density at radius 1 is 1.06 bits per heavy atom. The average Bonchev–Trinajstić information content (AvgIpc) is 2.40. The van der Waals surface area contributed by atoms with E-state index >= 15 is 0 Å². The number of hydrogen-bond acceptors (Lipinski definition) is 1. The monoisotopic (exact) mass is 270 g/mol. The summed E-state index contributed by atoms with van der Waals surface area (Å²) in [5.74, 6) is -0.0689. The summed E-state index contributed by atoms with van der Waals surface area (Å²) in [5.41, 5.74) is 0.600. The van der Waals surface area contributed by atoms with Gasteiger partial charge in [-0.1, -0.05) is 72.8 Å². The van der Waals surface area contributed by atoms with Crippen molar-refractivity contribution in [2.75, 3.05) is 0 Å². The van der Waals surface area contributed by atoms with E-state index in [-0.39, 0.29) is 11.7 Å². The first-order chi connectivity index (χ1) is 8.12. The highest BCUT2D eigenvalue weighted by molar-refractivity contribution is 6.60. The molecule has 92 valence electrons. The van der Waals surface area contributed by atoms with Crippen molar-refractivity contribution >= 4 is 29.0 Å². The molecule has 0 aliphatic heterocycles. The summed E-state index contributed by atoms with van der Waals surface area (Å²) in [6.07, 6.45) is 5.36. The Morgan fingerprint density at radius 3 is 2.24 bits per heavy atom. The maximum absolute atomic E-state index is 12.3. The summed E-state index contributed by atoms with van der Waals surface area (Å²) >= 11 is 12.6. The zero-order valence-corrected chi connectivity index (χ0v) is 11.2. The molecule has 0 spiro atoms. The quantitative estimate of drug-likeness (QED) is 0.579. The van der Waals surface area contributed by atoms with Gasteiger partial charge < -0.3 is 0 Å². The molecule has 1 aliphatic carbocycles. The van der Waals surface area contributed by atoms with Crippen molar-refractivity contribution in [1.29, 1.82) is 0 Å². The Labute approximate surface area is 112 Å². The van der Waals surface area contributed by atoms with Crippen molar-refractivity contribution in [1.82, 2.24) is 0 Å². The fourth-order valence-corrected chi connectivity index (χ4v) is 3.09. The number of alkyl halides is 2. The van der Waals surface area contributed by atoms with Crippen molar-refractivity contribution in [3.8, 4) is 0 Å². The third-order valence-electron chi connectivity index (χ3n) is 3.46. The van der Waals surface area contributed by atoms with E-state index in [4.69, 9.17) is 23.2 Å². The minimum atomic E-state index is -1.26. The van der Waals surface area contributed by atoms with Gasteiger partial charge in [-0.2, -0.15) is 0 Å². The van der Waals surface area contributed by atoms with Gasteiger partial charge in [0.1, 0.15) is 0 Å². The molecular formula is C14H16Cl2O. The molecule has 0 radical (unpaired) electrons. The first-order valence-electron chi connectivity index (χ1n) is 6.10. The van der Waals surface area contributed by atoms with Crippen LogP contribution in [0.3, 0.4) is 0 Å². The van der Waals surface area contributed by atoms with E-state index in [2.05, 4.69) is 0 Å². The predicted octanol–water partition coefficient (Wildman–Crippen LogP) is 4.62. The predicted molar refractivity (Wildman–Crippen MR) is 71.8 cm³/mol. The van der Waals surface area contributed by atoms with E-state index in [1.165, 1.54) is 6.42 Å². The number of hydrogen-bond donors (Lipinski definition) is 0. The highest BCUT2D eigenvalue weighted by Crippen LogP contribution is 2.42. The van der Waals surface area contributed by atoms with Crippen molar-refractivity contribution in [3.63, 3.8) is 0 Å². The fourth-order valence-electron chi connectivity index (χ4n) is 2.43. The van der Waals surface area contributed by atoms with Crippen LogP contribution in [0.25, 0.3) is 0 Å². The smallest absolute Gasteiger partial charge is 0.199 e. The molecule has 1 nitrogen and oxygen atoms in total. The lowest BCUT2D eigenvalue weighted by Gasteiger charge is -2.31. The molecule has 2 rings (SSSR count). The molecular weight excluding hydrogens is 255 g/mol. The lowest BCUT2D eigenvalue weighted by Crippen LogP contribution is -2.36. The second kappa shape index (κ2) is 5.41. The summed E-state index contributed by atoms with van der Waals surface area (Å²) in [4.78, 5) is 12.3. The van der Waals surface area contributed by atoms with Crippen LogP contribution in [0.1, 0.15) is 42.5 Å². The zero-order valence-electron chi connectivity index (χ0n) is 9.66. The summed E-state index contributed by atoms with van der Waals surface area (Å²) in [6.45, 7) is 0. The SMILES string of the molecule is O=C(c1ccccc1)C(Cl)(Cl)C1CCCCC1. The fraction of sp³-hybridized carbons (Fsp3) is 0.500. The Bertz CT molecular complexity index is 380. The summed E-state index contributed by atoms with van der Waals surface area (Å²) in [5, 5.41) is 0. The highest BCUT2D eigenvalue weighted by atomic mass is 35.5. The van der Waals surface area contributed by atoms with Crippen molar-refractivity contribution in [3.05, 3.63) is 35.9 Å².